The fourth-order valence-corrected chi connectivity index (χ4v) is 5.72. The number of fused-ring (bicyclic) bond motifs is 3. The molecule has 1 unspecified atom stereocenters. The van der Waals surface area contributed by atoms with E-state index in [0.29, 0.717) is 11.3 Å². The summed E-state index contributed by atoms with van der Waals surface area (Å²) in [5, 5.41) is 5.85. The summed E-state index contributed by atoms with van der Waals surface area (Å²) in [6.45, 7) is 1.99. The molecule has 0 spiro atoms. The van der Waals surface area contributed by atoms with E-state index in [-0.39, 0.29) is 11.9 Å². The summed E-state index contributed by atoms with van der Waals surface area (Å²) in [7, 11) is 1.64. The molecule has 4 aromatic carbocycles. The Kier molecular flexibility index (Phi) is 5.67. The van der Waals surface area contributed by atoms with Crippen LogP contribution in [-0.4, -0.2) is 27.8 Å². The molecule has 1 aliphatic heterocycles. The lowest BCUT2D eigenvalue weighted by Crippen LogP contribution is -2.28. The Morgan fingerprint density at radius 3 is 2.02 bits per heavy atom. The van der Waals surface area contributed by atoms with Crippen molar-refractivity contribution >= 4 is 22.6 Å². The minimum absolute atomic E-state index is 0.0888. The number of aryl methyl sites for hydroxylation is 1. The van der Waals surface area contributed by atoms with Gasteiger partial charge < -0.3 is 4.74 Å². The SMILES string of the molecule is COc1ccc(N2C(=O)c3c(-c4ccccc4)nc4c(c(C)nn4-c4ccccc4)c3C2c2ccccc2)cc1. The minimum atomic E-state index is -0.364. The standard InChI is InChI=1S/C34H26N4O2/c1-22-28-29-30(31(23-12-6-3-7-13-23)35-33(28)38(36-22)26-16-10-5-11-17-26)34(39)37(25-18-20-27(40-2)21-19-25)32(29)24-14-8-4-9-15-24/h3-21,32H,1-2H3. The lowest BCUT2D eigenvalue weighted by molar-refractivity contribution is 0.0994. The Morgan fingerprint density at radius 2 is 1.38 bits per heavy atom. The van der Waals surface area contributed by atoms with E-state index in [1.165, 1.54) is 0 Å². The molecule has 6 nitrogen and oxygen atoms in total. The fourth-order valence-electron chi connectivity index (χ4n) is 5.72. The predicted octanol–water partition coefficient (Wildman–Crippen LogP) is 7.15. The molecule has 40 heavy (non-hydrogen) atoms. The van der Waals surface area contributed by atoms with Crippen LogP contribution in [0.2, 0.25) is 0 Å². The van der Waals surface area contributed by atoms with Crippen LogP contribution in [0.3, 0.4) is 0 Å². The van der Waals surface area contributed by atoms with E-state index < -0.39 is 0 Å². The van der Waals surface area contributed by atoms with Crippen molar-refractivity contribution < 1.29 is 9.53 Å². The van der Waals surface area contributed by atoms with Gasteiger partial charge in [-0.3, -0.25) is 9.69 Å². The van der Waals surface area contributed by atoms with Crippen LogP contribution in [0, 0.1) is 6.92 Å². The number of aromatic nitrogens is 3. The van der Waals surface area contributed by atoms with E-state index in [2.05, 4.69) is 12.1 Å². The van der Waals surface area contributed by atoms with E-state index in [9.17, 15) is 4.79 Å². The van der Waals surface area contributed by atoms with Gasteiger partial charge in [-0.25, -0.2) is 9.67 Å². The summed E-state index contributed by atoms with van der Waals surface area (Å²) in [4.78, 5) is 21.7. The summed E-state index contributed by atoms with van der Waals surface area (Å²) < 4.78 is 7.29. The lowest BCUT2D eigenvalue weighted by atomic mass is 9.92. The third-order valence-corrected chi connectivity index (χ3v) is 7.51. The number of hydrogen-bond donors (Lipinski definition) is 0. The van der Waals surface area contributed by atoms with Gasteiger partial charge in [-0.2, -0.15) is 5.10 Å². The highest BCUT2D eigenvalue weighted by Crippen LogP contribution is 2.48. The van der Waals surface area contributed by atoms with Gasteiger partial charge in [0, 0.05) is 22.2 Å². The molecule has 0 N–H and O–H groups in total. The number of carbonyl (C=O) groups is 1. The quantitative estimate of drug-likeness (QED) is 0.241. The van der Waals surface area contributed by atoms with Crippen LogP contribution in [0.4, 0.5) is 5.69 Å². The Balaban J connectivity index is 1.59. The van der Waals surface area contributed by atoms with Crippen LogP contribution in [0.1, 0.15) is 33.2 Å². The van der Waals surface area contributed by atoms with Gasteiger partial charge in [-0.15, -0.1) is 0 Å². The number of ether oxygens (including phenoxy) is 1. The van der Waals surface area contributed by atoms with Crippen molar-refractivity contribution in [2.75, 3.05) is 12.0 Å². The van der Waals surface area contributed by atoms with Crippen molar-refractivity contribution in [3.63, 3.8) is 0 Å². The number of anilines is 1. The lowest BCUT2D eigenvalue weighted by Gasteiger charge is -2.26. The molecule has 1 atom stereocenters. The van der Waals surface area contributed by atoms with Crippen molar-refractivity contribution in [1.82, 2.24) is 14.8 Å². The van der Waals surface area contributed by atoms with Crippen molar-refractivity contribution in [1.29, 1.82) is 0 Å². The molecule has 0 saturated carbocycles. The zero-order valence-electron chi connectivity index (χ0n) is 22.2. The van der Waals surface area contributed by atoms with Gasteiger partial charge in [0.05, 0.1) is 35.8 Å². The van der Waals surface area contributed by atoms with Gasteiger partial charge in [-0.05, 0) is 48.9 Å². The third-order valence-electron chi connectivity index (χ3n) is 7.51. The average molecular weight is 523 g/mol. The number of pyridine rings is 1. The maximum Gasteiger partial charge on any atom is 0.261 e. The molecule has 0 aliphatic carbocycles. The Labute approximate surface area is 232 Å². The minimum Gasteiger partial charge on any atom is -0.497 e. The molecule has 6 aromatic rings. The van der Waals surface area contributed by atoms with Gasteiger partial charge in [-0.1, -0.05) is 78.9 Å². The number of nitrogens with zero attached hydrogens (tertiary/aromatic N) is 4. The summed E-state index contributed by atoms with van der Waals surface area (Å²) in [5.74, 6) is 0.646. The van der Waals surface area contributed by atoms with Crippen LogP contribution in [0.25, 0.3) is 28.0 Å². The van der Waals surface area contributed by atoms with Crippen molar-refractivity contribution in [3.8, 4) is 22.7 Å². The molecule has 0 radical (unpaired) electrons. The fraction of sp³-hybridized carbons (Fsp3) is 0.0882. The van der Waals surface area contributed by atoms with Gasteiger partial charge in [0.1, 0.15) is 5.75 Å². The molecule has 1 amide bonds. The molecule has 3 heterocycles. The first kappa shape index (κ1) is 23.9. The van der Waals surface area contributed by atoms with Crippen LogP contribution in [0.5, 0.6) is 5.75 Å². The van der Waals surface area contributed by atoms with Crippen molar-refractivity contribution in [3.05, 3.63) is 138 Å². The number of para-hydroxylation sites is 1. The van der Waals surface area contributed by atoms with E-state index in [4.69, 9.17) is 14.8 Å². The second-order valence-electron chi connectivity index (χ2n) is 9.83. The smallest absolute Gasteiger partial charge is 0.261 e. The largest absolute Gasteiger partial charge is 0.497 e. The van der Waals surface area contributed by atoms with Gasteiger partial charge in [0.25, 0.3) is 5.91 Å². The number of benzene rings is 4. The second-order valence-corrected chi connectivity index (χ2v) is 9.83. The van der Waals surface area contributed by atoms with Crippen LogP contribution in [-0.2, 0) is 0 Å². The van der Waals surface area contributed by atoms with E-state index in [1.54, 1.807) is 7.11 Å². The van der Waals surface area contributed by atoms with Gasteiger partial charge in [0.2, 0.25) is 0 Å². The van der Waals surface area contributed by atoms with Gasteiger partial charge in [0.15, 0.2) is 5.65 Å². The highest BCUT2D eigenvalue weighted by molar-refractivity contribution is 6.18. The third kappa shape index (κ3) is 3.68. The molecule has 0 bridgehead atoms. The van der Waals surface area contributed by atoms with Crippen molar-refractivity contribution in [2.45, 2.75) is 13.0 Å². The van der Waals surface area contributed by atoms with E-state index in [1.807, 2.05) is 120 Å². The predicted molar refractivity (Wildman–Crippen MR) is 157 cm³/mol. The summed E-state index contributed by atoms with van der Waals surface area (Å²) in [6.07, 6.45) is 0. The van der Waals surface area contributed by atoms with Gasteiger partial charge >= 0.3 is 0 Å². The molecule has 2 aromatic heterocycles. The molecular formula is C34H26N4O2. The normalized spacial score (nSPS) is 14.5. The topological polar surface area (TPSA) is 60.2 Å². The van der Waals surface area contributed by atoms with E-state index >= 15 is 0 Å². The monoisotopic (exact) mass is 522 g/mol. The number of amides is 1. The zero-order chi connectivity index (χ0) is 27.2. The summed E-state index contributed by atoms with van der Waals surface area (Å²) in [6, 6.07) is 37.4. The van der Waals surface area contributed by atoms with Crippen molar-refractivity contribution in [2.24, 2.45) is 0 Å². The Bertz CT molecular complexity index is 1850. The molecule has 6 heteroatoms. The number of methoxy groups -OCH3 is 1. The maximum atomic E-state index is 14.6. The first-order valence-electron chi connectivity index (χ1n) is 13.2. The average Bonchev–Trinajstić information content (AvgIpc) is 3.52. The first-order valence-corrected chi connectivity index (χ1v) is 13.2. The highest BCUT2D eigenvalue weighted by atomic mass is 16.5. The molecule has 1 aliphatic rings. The maximum absolute atomic E-state index is 14.6. The van der Waals surface area contributed by atoms with E-state index in [0.717, 1.165) is 50.5 Å². The second kappa shape index (κ2) is 9.50. The Hall–Kier alpha value is -5.23. The highest BCUT2D eigenvalue weighted by Gasteiger charge is 2.43. The molecule has 0 saturated heterocycles. The number of hydrogen-bond acceptors (Lipinski definition) is 4. The Morgan fingerprint density at radius 1 is 0.750 bits per heavy atom. The first-order chi connectivity index (χ1) is 19.7. The van der Waals surface area contributed by atoms with Crippen LogP contribution < -0.4 is 9.64 Å². The van der Waals surface area contributed by atoms with Crippen LogP contribution in [0.15, 0.2) is 115 Å². The molecule has 0 fully saturated rings. The number of rotatable bonds is 5. The molecule has 7 rings (SSSR count). The zero-order valence-corrected chi connectivity index (χ0v) is 22.2. The number of carbonyl (C=O) groups excluding carboxylic acids is 1. The summed E-state index contributed by atoms with van der Waals surface area (Å²) >= 11 is 0. The molecule has 194 valence electrons. The summed E-state index contributed by atoms with van der Waals surface area (Å²) in [5.41, 5.74) is 7.35. The molecular weight excluding hydrogens is 496 g/mol. The van der Waals surface area contributed by atoms with Crippen LogP contribution >= 0.6 is 0 Å².